The van der Waals surface area contributed by atoms with Crippen molar-refractivity contribution in [2.45, 2.75) is 6.61 Å². The normalized spacial score (nSPS) is 7.30. The molecule has 3 heteroatoms. The van der Waals surface area contributed by atoms with Gasteiger partial charge in [-0.25, -0.2) is 0 Å². The third kappa shape index (κ3) is 4.04. The Morgan fingerprint density at radius 3 is 1.80 bits per heavy atom. The fourth-order valence-electron chi connectivity index (χ4n) is 0.583. The number of benzene rings is 1. The zero-order valence-corrected chi connectivity index (χ0v) is 8.78. The summed E-state index contributed by atoms with van der Waals surface area (Å²) in [6, 6.07) is 9.52. The molecule has 0 aromatic heterocycles. The maximum absolute atomic E-state index is 8.54. The molecule has 0 fully saturated rings. The van der Waals surface area contributed by atoms with Gasteiger partial charge in [0.15, 0.2) is 0 Å². The standard InChI is InChI=1S/C7H8O.2BrH/c8-6-7-4-2-1-3-5-7;;/h1-5,8H,6H2;2*1H. The van der Waals surface area contributed by atoms with Crippen LogP contribution in [0.15, 0.2) is 30.3 Å². The van der Waals surface area contributed by atoms with Crippen molar-refractivity contribution in [1.82, 2.24) is 0 Å². The summed E-state index contributed by atoms with van der Waals surface area (Å²) in [6.45, 7) is 0.140. The molecule has 1 aromatic rings. The van der Waals surface area contributed by atoms with Gasteiger partial charge >= 0.3 is 0 Å². The Kier molecular flexibility index (Phi) is 9.27. The summed E-state index contributed by atoms with van der Waals surface area (Å²) >= 11 is 0. The van der Waals surface area contributed by atoms with Gasteiger partial charge in [0.25, 0.3) is 0 Å². The predicted molar refractivity (Wildman–Crippen MR) is 53.0 cm³/mol. The molecular formula is C7H10Br2O. The van der Waals surface area contributed by atoms with E-state index in [1.807, 2.05) is 30.3 Å². The van der Waals surface area contributed by atoms with E-state index in [0.717, 1.165) is 5.56 Å². The van der Waals surface area contributed by atoms with E-state index in [2.05, 4.69) is 0 Å². The lowest BCUT2D eigenvalue weighted by atomic mass is 10.2. The van der Waals surface area contributed by atoms with Gasteiger partial charge in [-0.05, 0) is 5.56 Å². The second kappa shape index (κ2) is 7.25. The van der Waals surface area contributed by atoms with Crippen molar-refractivity contribution in [2.24, 2.45) is 0 Å². The summed E-state index contributed by atoms with van der Waals surface area (Å²) in [6.07, 6.45) is 0. The minimum absolute atomic E-state index is 0. The number of aliphatic hydroxyl groups excluding tert-OH is 1. The Hall–Kier alpha value is 0.140. The first-order valence-corrected chi connectivity index (χ1v) is 2.58. The molecule has 1 nitrogen and oxygen atoms in total. The zero-order chi connectivity index (χ0) is 5.82. The number of hydrogen-bond acceptors (Lipinski definition) is 1. The molecular weight excluding hydrogens is 260 g/mol. The van der Waals surface area contributed by atoms with Crippen LogP contribution in [0.25, 0.3) is 0 Å². The molecule has 0 atom stereocenters. The predicted octanol–water partition coefficient (Wildman–Crippen LogP) is 2.33. The van der Waals surface area contributed by atoms with Crippen LogP contribution < -0.4 is 0 Å². The first-order valence-electron chi connectivity index (χ1n) is 2.58. The Morgan fingerprint density at radius 2 is 1.50 bits per heavy atom. The summed E-state index contributed by atoms with van der Waals surface area (Å²) in [5, 5.41) is 8.54. The molecule has 0 aliphatic rings. The summed E-state index contributed by atoms with van der Waals surface area (Å²) in [5.41, 5.74) is 0.965. The van der Waals surface area contributed by atoms with E-state index in [-0.39, 0.29) is 40.6 Å². The molecule has 0 bridgehead atoms. The molecule has 10 heavy (non-hydrogen) atoms. The van der Waals surface area contributed by atoms with Crippen molar-refractivity contribution in [3.63, 3.8) is 0 Å². The van der Waals surface area contributed by atoms with Crippen molar-refractivity contribution in [1.29, 1.82) is 0 Å². The van der Waals surface area contributed by atoms with Gasteiger partial charge in [-0.1, -0.05) is 30.3 Å². The van der Waals surface area contributed by atoms with Crippen molar-refractivity contribution < 1.29 is 5.11 Å². The molecule has 0 spiro atoms. The van der Waals surface area contributed by atoms with E-state index >= 15 is 0 Å². The van der Waals surface area contributed by atoms with Crippen molar-refractivity contribution in [3.05, 3.63) is 35.9 Å². The minimum Gasteiger partial charge on any atom is -0.392 e. The average Bonchev–Trinajstić information content (AvgIpc) is 1.90. The molecule has 0 aliphatic heterocycles. The summed E-state index contributed by atoms with van der Waals surface area (Å²) in [5.74, 6) is 0. The van der Waals surface area contributed by atoms with Crippen LogP contribution in [0.5, 0.6) is 0 Å². The van der Waals surface area contributed by atoms with Gasteiger partial charge in [-0.15, -0.1) is 34.0 Å². The molecule has 58 valence electrons. The molecule has 1 aromatic carbocycles. The second-order valence-corrected chi connectivity index (χ2v) is 1.64. The Morgan fingerprint density at radius 1 is 1.00 bits per heavy atom. The highest BCUT2D eigenvalue weighted by molar-refractivity contribution is 8.93. The second-order valence-electron chi connectivity index (χ2n) is 1.64. The molecule has 0 amide bonds. The van der Waals surface area contributed by atoms with E-state index in [0.29, 0.717) is 0 Å². The van der Waals surface area contributed by atoms with Gasteiger partial charge in [0.2, 0.25) is 0 Å². The van der Waals surface area contributed by atoms with Crippen molar-refractivity contribution in [3.8, 4) is 0 Å². The fraction of sp³-hybridized carbons (Fsp3) is 0.143. The van der Waals surface area contributed by atoms with Gasteiger partial charge in [-0.3, -0.25) is 0 Å². The summed E-state index contributed by atoms with van der Waals surface area (Å²) in [4.78, 5) is 0. The molecule has 1 N–H and O–H groups in total. The van der Waals surface area contributed by atoms with E-state index in [1.165, 1.54) is 0 Å². The van der Waals surface area contributed by atoms with Gasteiger partial charge in [-0.2, -0.15) is 0 Å². The highest BCUT2D eigenvalue weighted by Crippen LogP contribution is 1.95. The molecule has 0 unspecified atom stereocenters. The SMILES string of the molecule is Br.Br.OCc1ccccc1. The third-order valence-corrected chi connectivity index (χ3v) is 1.03. The lowest BCUT2D eigenvalue weighted by Crippen LogP contribution is -1.77. The molecule has 0 saturated carbocycles. The fourth-order valence-corrected chi connectivity index (χ4v) is 0.583. The Labute approximate surface area is 81.6 Å². The smallest absolute Gasteiger partial charge is 0.0681 e. The third-order valence-electron chi connectivity index (χ3n) is 1.03. The first kappa shape index (κ1) is 12.8. The van der Waals surface area contributed by atoms with Gasteiger partial charge in [0.05, 0.1) is 6.61 Å². The number of aliphatic hydroxyl groups is 1. The van der Waals surface area contributed by atoms with Gasteiger partial charge in [0, 0.05) is 0 Å². The number of rotatable bonds is 1. The Bertz CT molecular complexity index is 153. The molecule has 0 radical (unpaired) electrons. The summed E-state index contributed by atoms with van der Waals surface area (Å²) in [7, 11) is 0. The molecule has 0 aliphatic carbocycles. The first-order chi connectivity index (χ1) is 3.93. The van der Waals surface area contributed by atoms with Crippen molar-refractivity contribution in [2.75, 3.05) is 0 Å². The van der Waals surface area contributed by atoms with Crippen LogP contribution in [-0.2, 0) is 6.61 Å². The lowest BCUT2D eigenvalue weighted by Gasteiger charge is -1.89. The van der Waals surface area contributed by atoms with E-state index in [9.17, 15) is 0 Å². The lowest BCUT2D eigenvalue weighted by molar-refractivity contribution is 0.282. The van der Waals surface area contributed by atoms with Gasteiger partial charge in [0.1, 0.15) is 0 Å². The number of hydrogen-bond donors (Lipinski definition) is 1. The molecule has 1 rings (SSSR count). The van der Waals surface area contributed by atoms with Crippen LogP contribution in [0, 0.1) is 0 Å². The van der Waals surface area contributed by atoms with Crippen LogP contribution in [0.2, 0.25) is 0 Å². The minimum atomic E-state index is 0. The maximum Gasteiger partial charge on any atom is 0.0681 e. The largest absolute Gasteiger partial charge is 0.392 e. The van der Waals surface area contributed by atoms with Crippen LogP contribution >= 0.6 is 34.0 Å². The monoisotopic (exact) mass is 268 g/mol. The van der Waals surface area contributed by atoms with Crippen molar-refractivity contribution >= 4 is 34.0 Å². The highest BCUT2D eigenvalue weighted by Gasteiger charge is 1.81. The van der Waals surface area contributed by atoms with Crippen LogP contribution in [0.1, 0.15) is 5.56 Å². The summed E-state index contributed by atoms with van der Waals surface area (Å²) < 4.78 is 0. The maximum atomic E-state index is 8.54. The van der Waals surface area contributed by atoms with E-state index < -0.39 is 0 Å². The van der Waals surface area contributed by atoms with Crippen LogP contribution in [0.4, 0.5) is 0 Å². The highest BCUT2D eigenvalue weighted by atomic mass is 79.9. The zero-order valence-electron chi connectivity index (χ0n) is 5.36. The topological polar surface area (TPSA) is 20.2 Å². The Balaban J connectivity index is 0. The molecule has 0 saturated heterocycles. The number of halogens is 2. The van der Waals surface area contributed by atoms with Crippen LogP contribution in [-0.4, -0.2) is 5.11 Å². The average molecular weight is 270 g/mol. The van der Waals surface area contributed by atoms with E-state index in [1.54, 1.807) is 0 Å². The van der Waals surface area contributed by atoms with Gasteiger partial charge < -0.3 is 5.11 Å². The quantitative estimate of drug-likeness (QED) is 0.830. The van der Waals surface area contributed by atoms with Crippen LogP contribution in [0.3, 0.4) is 0 Å². The molecule has 0 heterocycles. The van der Waals surface area contributed by atoms with E-state index in [4.69, 9.17) is 5.11 Å².